The molecule has 2 N–H and O–H groups in total. The molecule has 1 aliphatic rings. The average Bonchev–Trinajstić information content (AvgIpc) is 2.86. The molecule has 0 bridgehead atoms. The molecule has 0 aromatic heterocycles. The molecule has 1 aromatic carbocycles. The van der Waals surface area contributed by atoms with Crippen molar-refractivity contribution >= 4 is 17.3 Å². The summed E-state index contributed by atoms with van der Waals surface area (Å²) in [4.78, 5) is 16.1. The molecule has 0 radical (unpaired) electrons. The van der Waals surface area contributed by atoms with Crippen molar-refractivity contribution in [2.75, 3.05) is 37.8 Å². The Morgan fingerprint density at radius 3 is 2.79 bits per heavy atom. The van der Waals surface area contributed by atoms with Crippen LogP contribution in [0, 0.1) is 5.92 Å². The zero-order valence-electron chi connectivity index (χ0n) is 12.0. The number of nitrogens with zero attached hydrogens (tertiary/aromatic N) is 2. The summed E-state index contributed by atoms with van der Waals surface area (Å²) in [6.07, 6.45) is 2.39. The fourth-order valence-corrected chi connectivity index (χ4v) is 2.62. The fraction of sp³-hybridized carbons (Fsp3) is 0.533. The van der Waals surface area contributed by atoms with Gasteiger partial charge in [0.1, 0.15) is 0 Å². The molecule has 1 unspecified atom stereocenters. The Labute approximate surface area is 115 Å². The molecular formula is C15H23N3O. The van der Waals surface area contributed by atoms with Gasteiger partial charge >= 0.3 is 0 Å². The monoisotopic (exact) mass is 261 g/mol. The first kappa shape index (κ1) is 13.7. The first-order chi connectivity index (χ1) is 9.02. The third-order valence-electron chi connectivity index (χ3n) is 3.86. The summed E-state index contributed by atoms with van der Waals surface area (Å²) in [7, 11) is 3.56. The molecule has 1 aliphatic heterocycles. The maximum atomic E-state index is 12.2. The predicted molar refractivity (Wildman–Crippen MR) is 79.5 cm³/mol. The quantitative estimate of drug-likeness (QED) is 0.849. The molecule has 19 heavy (non-hydrogen) atoms. The van der Waals surface area contributed by atoms with Crippen LogP contribution in [-0.4, -0.2) is 38.0 Å². The Balaban J connectivity index is 2.33. The SMILES string of the molecule is CCC1CCN(c2cc(N)ccc2C(=O)N(C)C)C1. The first-order valence-electron chi connectivity index (χ1n) is 6.89. The Morgan fingerprint density at radius 2 is 2.21 bits per heavy atom. The summed E-state index contributed by atoms with van der Waals surface area (Å²) < 4.78 is 0. The number of anilines is 2. The van der Waals surface area contributed by atoms with E-state index in [1.807, 2.05) is 12.1 Å². The molecule has 1 atom stereocenters. The molecule has 1 aromatic rings. The summed E-state index contributed by atoms with van der Waals surface area (Å²) in [6, 6.07) is 5.56. The molecule has 0 saturated carbocycles. The molecule has 4 nitrogen and oxygen atoms in total. The van der Waals surface area contributed by atoms with E-state index in [0.29, 0.717) is 5.69 Å². The second kappa shape index (κ2) is 5.51. The second-order valence-corrected chi connectivity index (χ2v) is 5.49. The highest BCUT2D eigenvalue weighted by Gasteiger charge is 2.25. The lowest BCUT2D eigenvalue weighted by Crippen LogP contribution is -2.27. The van der Waals surface area contributed by atoms with E-state index < -0.39 is 0 Å². The van der Waals surface area contributed by atoms with Crippen LogP contribution in [-0.2, 0) is 0 Å². The van der Waals surface area contributed by atoms with Gasteiger partial charge in [-0.3, -0.25) is 4.79 Å². The highest BCUT2D eigenvalue weighted by Crippen LogP contribution is 2.30. The van der Waals surface area contributed by atoms with Gasteiger partial charge in [-0.1, -0.05) is 13.3 Å². The van der Waals surface area contributed by atoms with E-state index in [-0.39, 0.29) is 5.91 Å². The molecule has 1 fully saturated rings. The summed E-state index contributed by atoms with van der Waals surface area (Å²) in [5, 5.41) is 0. The van der Waals surface area contributed by atoms with Crippen LogP contribution >= 0.6 is 0 Å². The van der Waals surface area contributed by atoms with Crippen LogP contribution in [0.1, 0.15) is 30.1 Å². The van der Waals surface area contributed by atoms with Crippen LogP contribution in [0.4, 0.5) is 11.4 Å². The van der Waals surface area contributed by atoms with Gasteiger partial charge in [0, 0.05) is 32.9 Å². The van der Waals surface area contributed by atoms with Crippen molar-refractivity contribution in [2.45, 2.75) is 19.8 Å². The van der Waals surface area contributed by atoms with Crippen molar-refractivity contribution in [3.05, 3.63) is 23.8 Å². The Morgan fingerprint density at radius 1 is 1.47 bits per heavy atom. The predicted octanol–water partition coefficient (Wildman–Crippen LogP) is 2.21. The van der Waals surface area contributed by atoms with E-state index in [9.17, 15) is 4.79 Å². The second-order valence-electron chi connectivity index (χ2n) is 5.49. The van der Waals surface area contributed by atoms with E-state index >= 15 is 0 Å². The molecule has 0 spiro atoms. The number of hydrogen-bond donors (Lipinski definition) is 1. The maximum absolute atomic E-state index is 12.2. The van der Waals surface area contributed by atoms with Crippen LogP contribution in [0.25, 0.3) is 0 Å². The zero-order chi connectivity index (χ0) is 14.0. The topological polar surface area (TPSA) is 49.6 Å². The van der Waals surface area contributed by atoms with E-state index in [0.717, 1.165) is 30.3 Å². The summed E-state index contributed by atoms with van der Waals surface area (Å²) in [6.45, 7) is 4.25. The highest BCUT2D eigenvalue weighted by molar-refractivity contribution is 6.00. The maximum Gasteiger partial charge on any atom is 0.255 e. The van der Waals surface area contributed by atoms with Crippen LogP contribution in [0.15, 0.2) is 18.2 Å². The number of carbonyl (C=O) groups is 1. The molecular weight excluding hydrogens is 238 g/mol. The van der Waals surface area contributed by atoms with Crippen LogP contribution in [0.2, 0.25) is 0 Å². The van der Waals surface area contributed by atoms with Crippen molar-refractivity contribution < 1.29 is 4.79 Å². The molecule has 0 aliphatic carbocycles. The van der Waals surface area contributed by atoms with Gasteiger partial charge in [-0.05, 0) is 30.5 Å². The lowest BCUT2D eigenvalue weighted by molar-refractivity contribution is 0.0828. The molecule has 104 valence electrons. The number of hydrogen-bond acceptors (Lipinski definition) is 3. The van der Waals surface area contributed by atoms with E-state index in [2.05, 4.69) is 11.8 Å². The minimum atomic E-state index is 0.0370. The number of amides is 1. The van der Waals surface area contributed by atoms with Gasteiger partial charge in [-0.2, -0.15) is 0 Å². The summed E-state index contributed by atoms with van der Waals surface area (Å²) >= 11 is 0. The van der Waals surface area contributed by atoms with Gasteiger partial charge in [0.2, 0.25) is 0 Å². The highest BCUT2D eigenvalue weighted by atomic mass is 16.2. The number of rotatable bonds is 3. The summed E-state index contributed by atoms with van der Waals surface area (Å²) in [5.74, 6) is 0.763. The largest absolute Gasteiger partial charge is 0.399 e. The minimum Gasteiger partial charge on any atom is -0.399 e. The number of nitrogen functional groups attached to an aromatic ring is 1. The third kappa shape index (κ3) is 2.83. The van der Waals surface area contributed by atoms with E-state index in [1.165, 1.54) is 12.8 Å². The molecule has 1 amide bonds. The van der Waals surface area contributed by atoms with Crippen molar-refractivity contribution in [3.63, 3.8) is 0 Å². The van der Waals surface area contributed by atoms with Gasteiger partial charge in [0.05, 0.1) is 11.3 Å². The lowest BCUT2D eigenvalue weighted by atomic mass is 10.1. The molecule has 4 heteroatoms. The average molecular weight is 261 g/mol. The van der Waals surface area contributed by atoms with Gasteiger partial charge in [0.25, 0.3) is 5.91 Å². The van der Waals surface area contributed by atoms with Crippen LogP contribution in [0.3, 0.4) is 0 Å². The number of carbonyl (C=O) groups excluding carboxylic acids is 1. The van der Waals surface area contributed by atoms with Crippen LogP contribution < -0.4 is 10.6 Å². The van der Waals surface area contributed by atoms with Crippen molar-refractivity contribution in [3.8, 4) is 0 Å². The Bertz CT molecular complexity index is 470. The smallest absolute Gasteiger partial charge is 0.255 e. The third-order valence-corrected chi connectivity index (χ3v) is 3.86. The standard InChI is InChI=1S/C15H23N3O/c1-4-11-7-8-18(10-11)14-9-12(16)5-6-13(14)15(19)17(2)3/h5-6,9,11H,4,7-8,10,16H2,1-3H3. The van der Waals surface area contributed by atoms with Crippen LogP contribution in [0.5, 0.6) is 0 Å². The van der Waals surface area contributed by atoms with Gasteiger partial charge in [0.15, 0.2) is 0 Å². The zero-order valence-corrected chi connectivity index (χ0v) is 12.0. The lowest BCUT2D eigenvalue weighted by Gasteiger charge is -2.23. The number of benzene rings is 1. The molecule has 1 heterocycles. The minimum absolute atomic E-state index is 0.0370. The number of nitrogens with two attached hydrogens (primary N) is 1. The van der Waals surface area contributed by atoms with Gasteiger partial charge in [-0.25, -0.2) is 0 Å². The van der Waals surface area contributed by atoms with Crippen molar-refractivity contribution in [2.24, 2.45) is 5.92 Å². The fourth-order valence-electron chi connectivity index (χ4n) is 2.62. The molecule has 1 saturated heterocycles. The van der Waals surface area contributed by atoms with Gasteiger partial charge < -0.3 is 15.5 Å². The van der Waals surface area contributed by atoms with Crippen molar-refractivity contribution in [1.82, 2.24) is 4.90 Å². The Hall–Kier alpha value is -1.71. The Kier molecular flexibility index (Phi) is 3.98. The van der Waals surface area contributed by atoms with E-state index in [1.54, 1.807) is 25.1 Å². The summed E-state index contributed by atoms with van der Waals surface area (Å²) in [5.41, 5.74) is 8.33. The van der Waals surface area contributed by atoms with Gasteiger partial charge in [-0.15, -0.1) is 0 Å². The first-order valence-corrected chi connectivity index (χ1v) is 6.89. The normalized spacial score (nSPS) is 18.7. The van der Waals surface area contributed by atoms with Crippen molar-refractivity contribution in [1.29, 1.82) is 0 Å². The van der Waals surface area contributed by atoms with E-state index in [4.69, 9.17) is 5.73 Å². The molecule has 2 rings (SSSR count).